The van der Waals surface area contributed by atoms with Gasteiger partial charge in [0, 0.05) is 12.5 Å². The Kier molecular flexibility index (Phi) is 5.46. The number of hydrogen-bond donors (Lipinski definition) is 1. The third kappa shape index (κ3) is 4.23. The van der Waals surface area contributed by atoms with Crippen LogP contribution in [0.1, 0.15) is 38.2 Å². The van der Waals surface area contributed by atoms with Crippen LogP contribution in [0.5, 0.6) is 5.75 Å². The lowest BCUT2D eigenvalue weighted by molar-refractivity contribution is -0.121. The molecule has 3 nitrogen and oxygen atoms in total. The number of amides is 1. The van der Waals surface area contributed by atoms with Crippen LogP contribution in [0.15, 0.2) is 22.7 Å². The van der Waals surface area contributed by atoms with E-state index in [2.05, 4.69) is 28.2 Å². The molecule has 1 aromatic rings. The Hall–Kier alpha value is -1.03. The van der Waals surface area contributed by atoms with Gasteiger partial charge in [-0.1, -0.05) is 13.0 Å². The van der Waals surface area contributed by atoms with Gasteiger partial charge in [0.1, 0.15) is 5.75 Å². The largest absolute Gasteiger partial charge is 0.496 e. The molecule has 1 saturated carbocycles. The number of ether oxygens (including phenoxy) is 1. The Morgan fingerprint density at radius 2 is 2.25 bits per heavy atom. The Morgan fingerprint density at radius 1 is 1.45 bits per heavy atom. The molecule has 0 aromatic heterocycles. The standard InChI is InChI=1S/C16H22BrNO2/c1-11-3-6-13(9-11)18-16(19)8-5-12-4-7-15(20-2)14(17)10-12/h4,7,10-11,13H,3,5-6,8-9H2,1-2H3,(H,18,19). The molecular weight excluding hydrogens is 318 g/mol. The van der Waals surface area contributed by atoms with Crippen molar-refractivity contribution in [1.29, 1.82) is 0 Å². The van der Waals surface area contributed by atoms with Crippen molar-refractivity contribution >= 4 is 21.8 Å². The fourth-order valence-corrected chi connectivity index (χ4v) is 3.35. The molecule has 0 saturated heterocycles. The van der Waals surface area contributed by atoms with Crippen LogP contribution in [0.4, 0.5) is 0 Å². The molecule has 0 spiro atoms. The molecule has 20 heavy (non-hydrogen) atoms. The van der Waals surface area contributed by atoms with Gasteiger partial charge in [-0.3, -0.25) is 4.79 Å². The second-order valence-corrected chi connectivity index (χ2v) is 6.51. The van der Waals surface area contributed by atoms with Gasteiger partial charge in [0.2, 0.25) is 5.91 Å². The highest BCUT2D eigenvalue weighted by atomic mass is 79.9. The molecule has 0 heterocycles. The highest BCUT2D eigenvalue weighted by molar-refractivity contribution is 9.10. The summed E-state index contributed by atoms with van der Waals surface area (Å²) in [5.41, 5.74) is 1.15. The Bertz CT molecular complexity index is 476. The van der Waals surface area contributed by atoms with E-state index in [0.717, 1.165) is 41.0 Å². The van der Waals surface area contributed by atoms with Crippen LogP contribution >= 0.6 is 15.9 Å². The summed E-state index contributed by atoms with van der Waals surface area (Å²) in [6.45, 7) is 2.25. The number of nitrogens with one attached hydrogen (secondary N) is 1. The Labute approximate surface area is 129 Å². The average Bonchev–Trinajstić information content (AvgIpc) is 2.82. The van der Waals surface area contributed by atoms with Crippen molar-refractivity contribution in [3.63, 3.8) is 0 Å². The molecule has 1 amide bonds. The fraction of sp³-hybridized carbons (Fsp3) is 0.562. The van der Waals surface area contributed by atoms with Crippen LogP contribution in [0.25, 0.3) is 0 Å². The zero-order valence-corrected chi connectivity index (χ0v) is 13.7. The zero-order valence-electron chi connectivity index (χ0n) is 12.1. The average molecular weight is 340 g/mol. The van der Waals surface area contributed by atoms with Crippen LogP contribution in [0.2, 0.25) is 0 Å². The quantitative estimate of drug-likeness (QED) is 0.888. The summed E-state index contributed by atoms with van der Waals surface area (Å²) < 4.78 is 6.13. The predicted molar refractivity (Wildman–Crippen MR) is 84.0 cm³/mol. The molecule has 2 atom stereocenters. The number of methoxy groups -OCH3 is 1. The van der Waals surface area contributed by atoms with Crippen LogP contribution in [-0.4, -0.2) is 19.1 Å². The number of benzene rings is 1. The second kappa shape index (κ2) is 7.11. The van der Waals surface area contributed by atoms with E-state index in [9.17, 15) is 4.79 Å². The molecule has 2 rings (SSSR count). The third-order valence-electron chi connectivity index (χ3n) is 3.92. The van der Waals surface area contributed by atoms with Crippen molar-refractivity contribution in [3.05, 3.63) is 28.2 Å². The van der Waals surface area contributed by atoms with Gasteiger partial charge in [-0.2, -0.15) is 0 Å². The summed E-state index contributed by atoms with van der Waals surface area (Å²) in [5.74, 6) is 1.73. The summed E-state index contributed by atoms with van der Waals surface area (Å²) >= 11 is 3.47. The molecule has 0 aliphatic heterocycles. The summed E-state index contributed by atoms with van der Waals surface area (Å²) in [6.07, 6.45) is 4.79. The topological polar surface area (TPSA) is 38.3 Å². The number of halogens is 1. The highest BCUT2D eigenvalue weighted by Gasteiger charge is 2.22. The first-order valence-corrected chi connectivity index (χ1v) is 7.99. The van der Waals surface area contributed by atoms with E-state index in [1.54, 1.807) is 7.11 Å². The first kappa shape index (κ1) is 15.4. The molecule has 1 aliphatic rings. The van der Waals surface area contributed by atoms with E-state index in [1.165, 1.54) is 6.42 Å². The predicted octanol–water partition coefficient (Wildman–Crippen LogP) is 3.70. The van der Waals surface area contributed by atoms with Gasteiger partial charge in [-0.25, -0.2) is 0 Å². The number of carbonyl (C=O) groups is 1. The van der Waals surface area contributed by atoms with E-state index in [1.807, 2.05) is 18.2 Å². The maximum atomic E-state index is 11.9. The molecule has 1 aliphatic carbocycles. The minimum Gasteiger partial charge on any atom is -0.496 e. The van der Waals surface area contributed by atoms with Gasteiger partial charge in [0.15, 0.2) is 0 Å². The molecule has 1 N–H and O–H groups in total. The summed E-state index contributed by atoms with van der Waals surface area (Å²) in [4.78, 5) is 11.9. The van der Waals surface area contributed by atoms with Crippen molar-refractivity contribution in [2.24, 2.45) is 5.92 Å². The molecule has 1 fully saturated rings. The van der Waals surface area contributed by atoms with Crippen LogP contribution in [-0.2, 0) is 11.2 Å². The second-order valence-electron chi connectivity index (χ2n) is 5.65. The fourth-order valence-electron chi connectivity index (χ4n) is 2.76. The summed E-state index contributed by atoms with van der Waals surface area (Å²) in [7, 11) is 1.65. The van der Waals surface area contributed by atoms with Gasteiger partial charge >= 0.3 is 0 Å². The smallest absolute Gasteiger partial charge is 0.220 e. The SMILES string of the molecule is COc1ccc(CCC(=O)NC2CCC(C)C2)cc1Br. The van der Waals surface area contributed by atoms with Crippen molar-refractivity contribution < 1.29 is 9.53 Å². The minimum absolute atomic E-state index is 0.163. The lowest BCUT2D eigenvalue weighted by atomic mass is 10.1. The van der Waals surface area contributed by atoms with Gasteiger partial charge in [0.25, 0.3) is 0 Å². The molecule has 110 valence electrons. The molecule has 0 bridgehead atoms. The number of carbonyl (C=O) groups excluding carboxylic acids is 1. The van der Waals surface area contributed by atoms with E-state index >= 15 is 0 Å². The van der Waals surface area contributed by atoms with Gasteiger partial charge in [-0.05, 0) is 65.2 Å². The number of hydrogen-bond acceptors (Lipinski definition) is 2. The Morgan fingerprint density at radius 3 is 2.85 bits per heavy atom. The zero-order chi connectivity index (χ0) is 14.5. The minimum atomic E-state index is 0.163. The normalized spacial score (nSPS) is 21.8. The number of aryl methyl sites for hydroxylation is 1. The van der Waals surface area contributed by atoms with Crippen molar-refractivity contribution in [3.8, 4) is 5.75 Å². The lowest BCUT2D eigenvalue weighted by Gasteiger charge is -2.12. The molecular formula is C16H22BrNO2. The van der Waals surface area contributed by atoms with E-state index in [-0.39, 0.29) is 5.91 Å². The number of rotatable bonds is 5. The van der Waals surface area contributed by atoms with Crippen molar-refractivity contribution in [2.75, 3.05) is 7.11 Å². The van der Waals surface area contributed by atoms with E-state index < -0.39 is 0 Å². The summed E-state index contributed by atoms with van der Waals surface area (Å²) in [5, 5.41) is 3.14. The Balaban J connectivity index is 1.79. The monoisotopic (exact) mass is 339 g/mol. The third-order valence-corrected chi connectivity index (χ3v) is 4.54. The first-order valence-electron chi connectivity index (χ1n) is 7.20. The molecule has 2 unspecified atom stereocenters. The molecule has 0 radical (unpaired) electrons. The van der Waals surface area contributed by atoms with Crippen LogP contribution < -0.4 is 10.1 Å². The molecule has 1 aromatic carbocycles. The van der Waals surface area contributed by atoms with Crippen molar-refractivity contribution in [1.82, 2.24) is 5.32 Å². The van der Waals surface area contributed by atoms with Gasteiger partial charge in [0.05, 0.1) is 11.6 Å². The van der Waals surface area contributed by atoms with Crippen LogP contribution in [0, 0.1) is 5.92 Å². The first-order chi connectivity index (χ1) is 9.58. The highest BCUT2D eigenvalue weighted by Crippen LogP contribution is 2.26. The summed E-state index contributed by atoms with van der Waals surface area (Å²) in [6, 6.07) is 6.34. The van der Waals surface area contributed by atoms with Crippen molar-refractivity contribution in [2.45, 2.75) is 45.1 Å². The van der Waals surface area contributed by atoms with Gasteiger partial charge in [-0.15, -0.1) is 0 Å². The molecule has 4 heteroatoms. The van der Waals surface area contributed by atoms with E-state index in [0.29, 0.717) is 12.5 Å². The van der Waals surface area contributed by atoms with Crippen LogP contribution in [0.3, 0.4) is 0 Å². The maximum Gasteiger partial charge on any atom is 0.220 e. The maximum absolute atomic E-state index is 11.9. The lowest BCUT2D eigenvalue weighted by Crippen LogP contribution is -2.32. The van der Waals surface area contributed by atoms with E-state index in [4.69, 9.17) is 4.74 Å². The van der Waals surface area contributed by atoms with Gasteiger partial charge < -0.3 is 10.1 Å².